The molecule has 5 rings (SSSR count). The largest absolute Gasteiger partial charge is 0.444 e. The Kier molecular flexibility index (Phi) is 7.95. The van der Waals surface area contributed by atoms with Crippen molar-refractivity contribution in [3.8, 4) is 6.07 Å². The zero-order valence-electron chi connectivity index (χ0n) is 24.2. The maximum Gasteiger partial charge on any atom is 0.410 e. The lowest BCUT2D eigenvalue weighted by Gasteiger charge is -2.29. The Morgan fingerprint density at radius 2 is 1.79 bits per heavy atom. The van der Waals surface area contributed by atoms with Gasteiger partial charge in [0.05, 0.1) is 18.1 Å². The summed E-state index contributed by atoms with van der Waals surface area (Å²) in [6, 6.07) is 12.1. The van der Waals surface area contributed by atoms with Crippen LogP contribution in [0, 0.1) is 23.2 Å². The molecule has 2 fully saturated rings. The standard InChI is InChI=1S/C32H34ClN5O4/c1-20(33)9-12-32(16-21-10-13-35-14-11-21)29(40)38(27(36-32)15-26(39)23-7-5-22(17-34)6-8-23)28-24-18-37(19-25(24)28)30(41)42-31(2,3)4/h5-11,13-14,24-25,28H,12,15-16,18-19H2,1-4H3. The van der Waals surface area contributed by atoms with Crippen LogP contribution in [0.5, 0.6) is 0 Å². The number of benzene rings is 1. The fourth-order valence-corrected chi connectivity index (χ4v) is 6.00. The molecule has 3 atom stereocenters. The van der Waals surface area contributed by atoms with Gasteiger partial charge in [0, 0.05) is 66.8 Å². The minimum absolute atomic E-state index is 0.0645. The molecule has 1 saturated heterocycles. The summed E-state index contributed by atoms with van der Waals surface area (Å²) in [5.41, 5.74) is 0.0373. The van der Waals surface area contributed by atoms with E-state index in [4.69, 9.17) is 26.6 Å². The van der Waals surface area contributed by atoms with Gasteiger partial charge in [0.1, 0.15) is 17.0 Å². The first-order valence-electron chi connectivity index (χ1n) is 14.1. The molecule has 0 radical (unpaired) electrons. The average molecular weight is 588 g/mol. The third-order valence-corrected chi connectivity index (χ3v) is 8.11. The minimum Gasteiger partial charge on any atom is -0.444 e. The first-order chi connectivity index (χ1) is 19.9. The normalized spacial score (nSPS) is 25.1. The number of likely N-dealkylation sites (tertiary alicyclic amines) is 1. The highest BCUT2D eigenvalue weighted by Crippen LogP contribution is 2.52. The fraction of sp³-hybridized carbons (Fsp3) is 0.438. The van der Waals surface area contributed by atoms with Gasteiger partial charge in [-0.05, 0) is 57.5 Å². The number of nitriles is 1. The molecule has 2 amide bonds. The second kappa shape index (κ2) is 11.3. The van der Waals surface area contributed by atoms with Crippen molar-refractivity contribution in [2.45, 2.75) is 64.1 Å². The monoisotopic (exact) mass is 587 g/mol. The predicted octanol–water partition coefficient (Wildman–Crippen LogP) is 5.15. The number of carbonyl (C=O) groups excluding carboxylic acids is 3. The number of piperidine rings is 1. The molecule has 3 heterocycles. The molecule has 9 nitrogen and oxygen atoms in total. The van der Waals surface area contributed by atoms with Crippen LogP contribution in [0.1, 0.15) is 62.0 Å². The lowest BCUT2D eigenvalue weighted by Crippen LogP contribution is -2.48. The second-order valence-electron chi connectivity index (χ2n) is 12.3. The number of hydrogen-bond acceptors (Lipinski definition) is 7. The molecule has 2 aliphatic heterocycles. The number of amidine groups is 1. The van der Waals surface area contributed by atoms with E-state index < -0.39 is 11.1 Å². The van der Waals surface area contributed by atoms with E-state index in [2.05, 4.69) is 11.1 Å². The van der Waals surface area contributed by atoms with Crippen molar-refractivity contribution in [3.63, 3.8) is 0 Å². The Hall–Kier alpha value is -4.03. The molecule has 1 aliphatic carbocycles. The van der Waals surface area contributed by atoms with Gasteiger partial charge >= 0.3 is 6.09 Å². The third kappa shape index (κ3) is 6.09. The maximum atomic E-state index is 14.4. The zero-order valence-corrected chi connectivity index (χ0v) is 25.0. The SMILES string of the molecule is CC(Cl)=CCC1(Cc2ccncc2)N=C(CC(=O)c2ccc(C#N)cc2)N(C2C3CN(C(=O)OC(C)(C)C)CC32)C1=O. The highest BCUT2D eigenvalue weighted by atomic mass is 35.5. The molecule has 3 unspecified atom stereocenters. The lowest BCUT2D eigenvalue weighted by molar-refractivity contribution is -0.131. The van der Waals surface area contributed by atoms with Crippen molar-refractivity contribution in [2.75, 3.05) is 13.1 Å². The van der Waals surface area contributed by atoms with Gasteiger partial charge in [0.15, 0.2) is 5.78 Å². The van der Waals surface area contributed by atoms with E-state index in [-0.39, 0.29) is 48.5 Å². The van der Waals surface area contributed by atoms with E-state index in [9.17, 15) is 14.4 Å². The average Bonchev–Trinajstić information content (AvgIpc) is 3.28. The second-order valence-corrected chi connectivity index (χ2v) is 12.9. The van der Waals surface area contributed by atoms with Gasteiger partial charge in [-0.25, -0.2) is 4.79 Å². The summed E-state index contributed by atoms with van der Waals surface area (Å²) in [7, 11) is 0. The van der Waals surface area contributed by atoms with E-state index in [0.29, 0.717) is 41.5 Å². The van der Waals surface area contributed by atoms with Crippen LogP contribution in [0.4, 0.5) is 4.79 Å². The van der Waals surface area contributed by atoms with E-state index >= 15 is 0 Å². The highest BCUT2D eigenvalue weighted by molar-refractivity contribution is 6.29. The van der Waals surface area contributed by atoms with Crippen molar-refractivity contribution in [1.82, 2.24) is 14.8 Å². The Labute approximate surface area is 250 Å². The highest BCUT2D eigenvalue weighted by Gasteiger charge is 2.64. The number of carbonyl (C=O) groups is 3. The van der Waals surface area contributed by atoms with Gasteiger partial charge in [0.2, 0.25) is 0 Å². The van der Waals surface area contributed by atoms with Gasteiger partial charge < -0.3 is 9.64 Å². The number of pyridine rings is 1. The Morgan fingerprint density at radius 1 is 1.14 bits per heavy atom. The summed E-state index contributed by atoms with van der Waals surface area (Å²) in [6.45, 7) is 8.21. The molecule has 10 heteroatoms. The number of rotatable bonds is 8. The van der Waals surface area contributed by atoms with Crippen molar-refractivity contribution in [1.29, 1.82) is 5.26 Å². The predicted molar refractivity (Wildman–Crippen MR) is 158 cm³/mol. The van der Waals surface area contributed by atoms with Crippen LogP contribution < -0.4 is 0 Å². The van der Waals surface area contributed by atoms with Gasteiger partial charge in [0.25, 0.3) is 5.91 Å². The van der Waals surface area contributed by atoms with Crippen LogP contribution in [-0.2, 0) is 16.0 Å². The van der Waals surface area contributed by atoms with E-state index in [1.165, 1.54) is 0 Å². The van der Waals surface area contributed by atoms with Crippen LogP contribution >= 0.6 is 11.6 Å². The number of allylic oxidation sites excluding steroid dienone is 1. The van der Waals surface area contributed by atoms with Crippen LogP contribution in [0.15, 0.2) is 64.9 Å². The Morgan fingerprint density at radius 3 is 2.36 bits per heavy atom. The topological polar surface area (TPSA) is 116 Å². The fourth-order valence-electron chi connectivity index (χ4n) is 5.92. The molecule has 2 aromatic rings. The number of amides is 2. The number of aliphatic imine (C=N–C) groups is 1. The van der Waals surface area contributed by atoms with Crippen molar-refractivity contribution in [2.24, 2.45) is 16.8 Å². The number of ketones is 1. The Balaban J connectivity index is 1.45. The summed E-state index contributed by atoms with van der Waals surface area (Å²) >= 11 is 6.23. The number of Topliss-reactive ketones (excluding diaryl/α,β-unsaturated/α-hetero) is 1. The molecule has 0 bridgehead atoms. The number of ether oxygens (including phenoxy) is 1. The number of aromatic nitrogens is 1. The molecule has 0 N–H and O–H groups in total. The maximum absolute atomic E-state index is 14.4. The molecular weight excluding hydrogens is 554 g/mol. The molecular formula is C32H34ClN5O4. The van der Waals surface area contributed by atoms with E-state index in [1.807, 2.05) is 32.9 Å². The number of hydrogen-bond donors (Lipinski definition) is 0. The molecule has 1 aromatic carbocycles. The third-order valence-electron chi connectivity index (χ3n) is 7.96. The first-order valence-corrected chi connectivity index (χ1v) is 14.4. The van der Waals surface area contributed by atoms with Gasteiger partial charge in [-0.1, -0.05) is 29.8 Å². The molecule has 1 aromatic heterocycles. The number of fused-ring (bicyclic) bond motifs is 1. The first kappa shape index (κ1) is 29.5. The number of nitrogens with zero attached hydrogens (tertiary/aromatic N) is 5. The summed E-state index contributed by atoms with van der Waals surface area (Å²) in [5, 5.41) is 9.69. The van der Waals surface area contributed by atoms with Gasteiger partial charge in [-0.3, -0.25) is 24.5 Å². The Bertz CT molecular complexity index is 1480. The molecule has 3 aliphatic rings. The lowest BCUT2D eigenvalue weighted by atomic mass is 9.87. The smallest absolute Gasteiger partial charge is 0.410 e. The van der Waals surface area contributed by atoms with Gasteiger partial charge in [-0.2, -0.15) is 5.26 Å². The van der Waals surface area contributed by atoms with Crippen molar-refractivity contribution in [3.05, 3.63) is 76.6 Å². The van der Waals surface area contributed by atoms with Crippen LogP contribution in [-0.4, -0.2) is 68.7 Å². The van der Waals surface area contributed by atoms with Crippen LogP contribution in [0.3, 0.4) is 0 Å². The summed E-state index contributed by atoms with van der Waals surface area (Å²) in [4.78, 5) is 53.1. The molecule has 218 valence electrons. The molecule has 42 heavy (non-hydrogen) atoms. The quantitative estimate of drug-likeness (QED) is 0.395. The van der Waals surface area contributed by atoms with Crippen LogP contribution in [0.25, 0.3) is 0 Å². The van der Waals surface area contributed by atoms with Gasteiger partial charge in [-0.15, -0.1) is 0 Å². The minimum atomic E-state index is -1.17. The molecule has 0 spiro atoms. The summed E-state index contributed by atoms with van der Waals surface area (Å²) in [5.74, 6) is 0.199. The van der Waals surface area contributed by atoms with Crippen LogP contribution in [0.2, 0.25) is 0 Å². The summed E-state index contributed by atoms with van der Waals surface area (Å²) in [6.07, 6.45) is 5.33. The number of halogens is 1. The summed E-state index contributed by atoms with van der Waals surface area (Å²) < 4.78 is 5.56. The van der Waals surface area contributed by atoms with Crippen molar-refractivity contribution < 1.29 is 19.1 Å². The van der Waals surface area contributed by atoms with Crippen molar-refractivity contribution >= 4 is 35.2 Å². The van der Waals surface area contributed by atoms with E-state index in [0.717, 1.165) is 5.56 Å². The van der Waals surface area contributed by atoms with E-state index in [1.54, 1.807) is 59.5 Å². The molecule has 1 saturated carbocycles. The zero-order chi connectivity index (χ0) is 30.2.